The lowest BCUT2D eigenvalue weighted by molar-refractivity contribution is -0.128. The van der Waals surface area contributed by atoms with Gasteiger partial charge < -0.3 is 10.1 Å². The van der Waals surface area contributed by atoms with Gasteiger partial charge in [-0.15, -0.1) is 0 Å². The summed E-state index contributed by atoms with van der Waals surface area (Å²) >= 11 is 0. The Hall–Kier alpha value is -1.91. The minimum absolute atomic E-state index is 0.176. The summed E-state index contributed by atoms with van der Waals surface area (Å²) in [5, 5.41) is 3.14. The number of amides is 1. The molecule has 0 radical (unpaired) electrons. The molecule has 4 bridgehead atoms. The molecule has 0 unspecified atom stereocenters. The molecule has 4 saturated carbocycles. The van der Waals surface area contributed by atoms with E-state index in [1.54, 1.807) is 12.1 Å². The highest BCUT2D eigenvalue weighted by molar-refractivity contribution is 5.91. The van der Waals surface area contributed by atoms with Gasteiger partial charge in [-0.05, 0) is 67.9 Å². The van der Waals surface area contributed by atoms with Crippen LogP contribution in [0.5, 0.6) is 0 Å². The number of esters is 1. The standard InChI is InChI=1S/C18H22N2O3/c21-16(10-23-18(22)13-1-3-19-4-2-13)20-17-14-6-11-5-12(8-14)9-15(17)7-11/h1-4,11-12,14-15,17H,5-10H2,(H,20,21). The fourth-order valence-corrected chi connectivity index (χ4v) is 5.09. The molecule has 0 saturated heterocycles. The first-order valence-electron chi connectivity index (χ1n) is 8.55. The Morgan fingerprint density at radius 3 is 2.26 bits per heavy atom. The number of nitrogens with one attached hydrogen (secondary N) is 1. The number of hydrogen-bond donors (Lipinski definition) is 1. The summed E-state index contributed by atoms with van der Waals surface area (Å²) in [5.41, 5.74) is 0.419. The van der Waals surface area contributed by atoms with Crippen molar-refractivity contribution >= 4 is 11.9 Å². The maximum absolute atomic E-state index is 12.2. The van der Waals surface area contributed by atoms with Gasteiger partial charge in [-0.3, -0.25) is 9.78 Å². The molecule has 5 heteroatoms. The largest absolute Gasteiger partial charge is 0.452 e. The zero-order valence-electron chi connectivity index (χ0n) is 13.1. The van der Waals surface area contributed by atoms with E-state index in [2.05, 4.69) is 10.3 Å². The molecule has 1 aromatic rings. The second-order valence-electron chi connectivity index (χ2n) is 7.34. The number of ether oxygens (including phenoxy) is 1. The van der Waals surface area contributed by atoms with E-state index in [-0.39, 0.29) is 18.6 Å². The monoisotopic (exact) mass is 314 g/mol. The normalized spacial score (nSPS) is 34.2. The van der Waals surface area contributed by atoms with Crippen LogP contribution in [0.15, 0.2) is 24.5 Å². The van der Waals surface area contributed by atoms with Crippen LogP contribution in [0.4, 0.5) is 0 Å². The maximum atomic E-state index is 12.2. The lowest BCUT2D eigenvalue weighted by atomic mass is 9.54. The number of pyridine rings is 1. The molecule has 23 heavy (non-hydrogen) atoms. The molecular weight excluding hydrogens is 292 g/mol. The van der Waals surface area contributed by atoms with E-state index in [0.29, 0.717) is 17.4 Å². The molecule has 4 fully saturated rings. The molecule has 0 spiro atoms. The molecule has 1 heterocycles. The average molecular weight is 314 g/mol. The van der Waals surface area contributed by atoms with E-state index >= 15 is 0 Å². The lowest BCUT2D eigenvalue weighted by Gasteiger charge is -2.54. The predicted molar refractivity (Wildman–Crippen MR) is 83.5 cm³/mol. The smallest absolute Gasteiger partial charge is 0.338 e. The van der Waals surface area contributed by atoms with Gasteiger partial charge in [0.05, 0.1) is 5.56 Å². The van der Waals surface area contributed by atoms with Crippen LogP contribution < -0.4 is 5.32 Å². The summed E-state index contributed by atoms with van der Waals surface area (Å²) in [6.45, 7) is -0.204. The van der Waals surface area contributed by atoms with Gasteiger partial charge >= 0.3 is 5.97 Å². The summed E-state index contributed by atoms with van der Waals surface area (Å²) in [6, 6.07) is 3.45. The van der Waals surface area contributed by atoms with Gasteiger partial charge in [0.25, 0.3) is 5.91 Å². The quantitative estimate of drug-likeness (QED) is 0.865. The Kier molecular flexibility index (Phi) is 3.79. The Morgan fingerprint density at radius 1 is 1.04 bits per heavy atom. The van der Waals surface area contributed by atoms with Crippen LogP contribution in [0, 0.1) is 23.7 Å². The Bertz CT molecular complexity index is 574. The molecule has 5 rings (SSSR count). The molecule has 0 atom stereocenters. The zero-order valence-corrected chi connectivity index (χ0v) is 13.1. The van der Waals surface area contributed by atoms with Crippen LogP contribution >= 0.6 is 0 Å². The van der Waals surface area contributed by atoms with Crippen molar-refractivity contribution in [2.75, 3.05) is 6.61 Å². The van der Waals surface area contributed by atoms with Crippen LogP contribution in [0.3, 0.4) is 0 Å². The highest BCUT2D eigenvalue weighted by atomic mass is 16.5. The molecule has 122 valence electrons. The third kappa shape index (κ3) is 2.96. The molecule has 1 aromatic heterocycles. The van der Waals surface area contributed by atoms with E-state index in [4.69, 9.17) is 4.74 Å². The second-order valence-corrected chi connectivity index (χ2v) is 7.34. The third-order valence-electron chi connectivity index (χ3n) is 5.80. The van der Waals surface area contributed by atoms with Crippen LogP contribution in [0.2, 0.25) is 0 Å². The van der Waals surface area contributed by atoms with Gasteiger partial charge in [0.1, 0.15) is 0 Å². The van der Waals surface area contributed by atoms with Gasteiger partial charge in [0.2, 0.25) is 0 Å². The number of carbonyl (C=O) groups is 2. The predicted octanol–water partition coefficient (Wildman–Crippen LogP) is 2.18. The first-order valence-corrected chi connectivity index (χ1v) is 8.55. The summed E-state index contributed by atoms with van der Waals surface area (Å²) < 4.78 is 5.10. The summed E-state index contributed by atoms with van der Waals surface area (Å²) in [7, 11) is 0. The van der Waals surface area contributed by atoms with Crippen LogP contribution in [-0.2, 0) is 9.53 Å². The Balaban J connectivity index is 1.30. The number of carbonyl (C=O) groups excluding carboxylic acids is 2. The van der Waals surface area contributed by atoms with Crippen molar-refractivity contribution in [3.8, 4) is 0 Å². The van der Waals surface area contributed by atoms with Gasteiger partial charge in [0, 0.05) is 18.4 Å². The van der Waals surface area contributed by atoms with Gasteiger partial charge in [0.15, 0.2) is 6.61 Å². The molecule has 1 amide bonds. The molecule has 4 aliphatic carbocycles. The summed E-state index contributed by atoms with van der Waals surface area (Å²) in [5.74, 6) is 2.38. The third-order valence-corrected chi connectivity index (χ3v) is 5.80. The van der Waals surface area contributed by atoms with E-state index in [0.717, 1.165) is 11.8 Å². The van der Waals surface area contributed by atoms with E-state index in [9.17, 15) is 9.59 Å². The number of rotatable bonds is 4. The minimum atomic E-state index is -0.479. The number of aromatic nitrogens is 1. The van der Waals surface area contributed by atoms with Crippen LogP contribution in [-0.4, -0.2) is 29.5 Å². The van der Waals surface area contributed by atoms with Crippen molar-refractivity contribution in [3.05, 3.63) is 30.1 Å². The molecule has 0 aliphatic heterocycles. The fourth-order valence-electron chi connectivity index (χ4n) is 5.09. The highest BCUT2D eigenvalue weighted by Gasteiger charge is 2.48. The van der Waals surface area contributed by atoms with Crippen molar-refractivity contribution in [3.63, 3.8) is 0 Å². The topological polar surface area (TPSA) is 68.3 Å². The van der Waals surface area contributed by atoms with Gasteiger partial charge in [-0.2, -0.15) is 0 Å². The zero-order chi connectivity index (χ0) is 15.8. The first-order chi connectivity index (χ1) is 11.2. The van der Waals surface area contributed by atoms with E-state index < -0.39 is 5.97 Å². The maximum Gasteiger partial charge on any atom is 0.338 e. The summed E-state index contributed by atoms with van der Waals surface area (Å²) in [4.78, 5) is 27.9. The number of hydrogen-bond acceptors (Lipinski definition) is 4. The number of nitrogens with zero attached hydrogens (tertiary/aromatic N) is 1. The minimum Gasteiger partial charge on any atom is -0.452 e. The first kappa shape index (κ1) is 14.7. The van der Waals surface area contributed by atoms with Crippen LogP contribution in [0.1, 0.15) is 42.5 Å². The Morgan fingerprint density at radius 2 is 1.65 bits per heavy atom. The average Bonchev–Trinajstić information content (AvgIpc) is 2.56. The van der Waals surface area contributed by atoms with Crippen molar-refractivity contribution in [1.29, 1.82) is 0 Å². The van der Waals surface area contributed by atoms with Gasteiger partial charge in [-0.25, -0.2) is 4.79 Å². The molecular formula is C18H22N2O3. The molecule has 5 nitrogen and oxygen atoms in total. The second kappa shape index (κ2) is 5.95. The SMILES string of the molecule is O=C(COC(=O)c1ccncc1)NC1C2CC3CC(C2)CC1C3. The van der Waals surface area contributed by atoms with E-state index in [1.807, 2.05) is 0 Å². The van der Waals surface area contributed by atoms with Gasteiger partial charge in [-0.1, -0.05) is 0 Å². The molecule has 0 aromatic carbocycles. The fraction of sp³-hybridized carbons (Fsp3) is 0.611. The lowest BCUT2D eigenvalue weighted by Crippen LogP contribution is -2.56. The molecule has 1 N–H and O–H groups in total. The highest BCUT2D eigenvalue weighted by Crippen LogP contribution is 2.53. The van der Waals surface area contributed by atoms with Crippen molar-refractivity contribution in [2.45, 2.75) is 38.1 Å². The van der Waals surface area contributed by atoms with Crippen LogP contribution in [0.25, 0.3) is 0 Å². The van der Waals surface area contributed by atoms with E-state index in [1.165, 1.54) is 44.5 Å². The van der Waals surface area contributed by atoms with Crippen molar-refractivity contribution < 1.29 is 14.3 Å². The Labute approximate surface area is 135 Å². The molecule has 4 aliphatic rings. The van der Waals surface area contributed by atoms with Crippen molar-refractivity contribution in [2.24, 2.45) is 23.7 Å². The summed E-state index contributed by atoms with van der Waals surface area (Å²) in [6.07, 6.45) is 9.50. The van der Waals surface area contributed by atoms with Crippen molar-refractivity contribution in [1.82, 2.24) is 10.3 Å².